The van der Waals surface area contributed by atoms with Crippen LogP contribution in [0.5, 0.6) is 0 Å². The first-order valence-electron chi connectivity index (χ1n) is 5.73. The Bertz CT molecular complexity index is 378. The summed E-state index contributed by atoms with van der Waals surface area (Å²) in [6.07, 6.45) is 3.40. The number of sulfonamides is 1. The lowest BCUT2D eigenvalue weighted by Gasteiger charge is -2.31. The average molecular weight is 247 g/mol. The van der Waals surface area contributed by atoms with Crippen LogP contribution in [0.1, 0.15) is 32.1 Å². The Morgan fingerprint density at radius 1 is 1.25 bits per heavy atom. The van der Waals surface area contributed by atoms with Gasteiger partial charge in [-0.05, 0) is 32.1 Å². The summed E-state index contributed by atoms with van der Waals surface area (Å²) >= 11 is 0. The zero-order valence-corrected chi connectivity index (χ0v) is 9.95. The molecule has 0 bridgehead atoms. The van der Waals surface area contributed by atoms with E-state index in [1.54, 1.807) is 4.31 Å². The summed E-state index contributed by atoms with van der Waals surface area (Å²) in [5.74, 6) is -0.930. The third-order valence-electron chi connectivity index (χ3n) is 3.55. The third-order valence-corrected chi connectivity index (χ3v) is 5.55. The standard InChI is InChI=1S/C10H17NO4S/c12-10(13)8-3-4-9(7-8)11-5-1-2-6-16(11,14)15/h8-9H,1-7H2,(H,12,13)/t8-,9+/m1/s1. The maximum atomic E-state index is 11.8. The van der Waals surface area contributed by atoms with Gasteiger partial charge in [0.05, 0.1) is 11.7 Å². The molecule has 5 nitrogen and oxygen atoms in total. The fourth-order valence-corrected chi connectivity index (χ4v) is 4.52. The minimum absolute atomic E-state index is 0.0774. The molecule has 1 heterocycles. The second kappa shape index (κ2) is 4.33. The van der Waals surface area contributed by atoms with Gasteiger partial charge in [0, 0.05) is 12.6 Å². The molecule has 1 aliphatic carbocycles. The fourth-order valence-electron chi connectivity index (χ4n) is 2.66. The van der Waals surface area contributed by atoms with Crippen molar-refractivity contribution in [2.45, 2.75) is 38.1 Å². The number of aliphatic carboxylic acids is 1. The second-order valence-corrected chi connectivity index (χ2v) is 6.68. The van der Waals surface area contributed by atoms with E-state index >= 15 is 0 Å². The highest BCUT2D eigenvalue weighted by Gasteiger charge is 2.38. The van der Waals surface area contributed by atoms with Gasteiger partial charge in [0.2, 0.25) is 10.0 Å². The molecule has 0 amide bonds. The predicted molar refractivity (Wildman–Crippen MR) is 58.5 cm³/mol. The summed E-state index contributed by atoms with van der Waals surface area (Å²) in [4.78, 5) is 10.8. The first kappa shape index (κ1) is 11.9. The monoisotopic (exact) mass is 247 g/mol. The SMILES string of the molecule is O=C(O)[C@@H]1CC[C@H](N2CCCCS2(=O)=O)C1. The highest BCUT2D eigenvalue weighted by atomic mass is 32.2. The second-order valence-electron chi connectivity index (χ2n) is 4.64. The number of hydrogen-bond donors (Lipinski definition) is 1. The van der Waals surface area contributed by atoms with Gasteiger partial charge in [-0.1, -0.05) is 0 Å². The lowest BCUT2D eigenvalue weighted by Crippen LogP contribution is -2.44. The molecule has 2 rings (SSSR count). The highest BCUT2D eigenvalue weighted by Crippen LogP contribution is 2.32. The molecule has 2 fully saturated rings. The number of rotatable bonds is 2. The Labute approximate surface area is 95.5 Å². The maximum Gasteiger partial charge on any atom is 0.306 e. The molecular formula is C10H17NO4S. The molecule has 6 heteroatoms. The van der Waals surface area contributed by atoms with E-state index < -0.39 is 16.0 Å². The molecule has 1 saturated carbocycles. The van der Waals surface area contributed by atoms with E-state index in [0.29, 0.717) is 25.8 Å². The largest absolute Gasteiger partial charge is 0.481 e. The molecule has 2 atom stereocenters. The normalized spacial score (nSPS) is 35.0. The average Bonchev–Trinajstić information content (AvgIpc) is 2.65. The van der Waals surface area contributed by atoms with Gasteiger partial charge in [-0.3, -0.25) is 4.79 Å². The van der Waals surface area contributed by atoms with Gasteiger partial charge < -0.3 is 5.11 Å². The van der Waals surface area contributed by atoms with E-state index in [-0.39, 0.29) is 17.7 Å². The Morgan fingerprint density at radius 3 is 2.56 bits per heavy atom. The van der Waals surface area contributed by atoms with Crippen molar-refractivity contribution >= 4 is 16.0 Å². The Hall–Kier alpha value is -0.620. The van der Waals surface area contributed by atoms with Gasteiger partial charge in [-0.15, -0.1) is 0 Å². The van der Waals surface area contributed by atoms with Gasteiger partial charge in [-0.25, -0.2) is 8.42 Å². The van der Waals surface area contributed by atoms with Crippen molar-refractivity contribution in [3.05, 3.63) is 0 Å². The molecule has 16 heavy (non-hydrogen) atoms. The van der Waals surface area contributed by atoms with Crippen LogP contribution in [0.4, 0.5) is 0 Å². The number of carboxylic acids is 1. The Kier molecular flexibility index (Phi) is 3.21. The van der Waals surface area contributed by atoms with Crippen molar-refractivity contribution in [3.8, 4) is 0 Å². The van der Waals surface area contributed by atoms with Gasteiger partial charge >= 0.3 is 5.97 Å². The van der Waals surface area contributed by atoms with Gasteiger partial charge in [0.1, 0.15) is 0 Å². The van der Waals surface area contributed by atoms with Crippen LogP contribution >= 0.6 is 0 Å². The minimum Gasteiger partial charge on any atom is -0.481 e. The summed E-state index contributed by atoms with van der Waals surface area (Å²) < 4.78 is 25.2. The lowest BCUT2D eigenvalue weighted by molar-refractivity contribution is -0.141. The van der Waals surface area contributed by atoms with Crippen molar-refractivity contribution in [1.29, 1.82) is 0 Å². The predicted octanol–water partition coefficient (Wildman–Crippen LogP) is 0.665. The molecule has 0 aromatic heterocycles. The van der Waals surface area contributed by atoms with Crippen molar-refractivity contribution in [3.63, 3.8) is 0 Å². The van der Waals surface area contributed by atoms with Crippen LogP contribution in [0.15, 0.2) is 0 Å². The maximum absolute atomic E-state index is 11.8. The lowest BCUT2D eigenvalue weighted by atomic mass is 10.1. The minimum atomic E-state index is -3.12. The van der Waals surface area contributed by atoms with E-state index in [1.807, 2.05) is 0 Å². The Morgan fingerprint density at radius 2 is 2.00 bits per heavy atom. The van der Waals surface area contributed by atoms with E-state index in [2.05, 4.69) is 0 Å². The van der Waals surface area contributed by atoms with E-state index in [0.717, 1.165) is 12.8 Å². The quantitative estimate of drug-likeness (QED) is 0.778. The van der Waals surface area contributed by atoms with Crippen LogP contribution in [-0.2, 0) is 14.8 Å². The van der Waals surface area contributed by atoms with Crippen molar-refractivity contribution in [1.82, 2.24) is 4.31 Å². The van der Waals surface area contributed by atoms with Crippen molar-refractivity contribution in [2.24, 2.45) is 5.92 Å². The van der Waals surface area contributed by atoms with Crippen molar-refractivity contribution in [2.75, 3.05) is 12.3 Å². The van der Waals surface area contributed by atoms with Crippen molar-refractivity contribution < 1.29 is 18.3 Å². The molecule has 1 saturated heterocycles. The van der Waals surface area contributed by atoms with Crippen LogP contribution < -0.4 is 0 Å². The molecule has 1 aliphatic heterocycles. The topological polar surface area (TPSA) is 74.7 Å². The molecule has 92 valence electrons. The number of nitrogens with zero attached hydrogens (tertiary/aromatic N) is 1. The molecular weight excluding hydrogens is 230 g/mol. The Balaban J connectivity index is 2.06. The van der Waals surface area contributed by atoms with Crippen LogP contribution in [0.3, 0.4) is 0 Å². The molecule has 0 spiro atoms. The molecule has 0 unspecified atom stereocenters. The zero-order chi connectivity index (χ0) is 11.8. The summed E-state index contributed by atoms with van der Waals surface area (Å²) in [6.45, 7) is 0.569. The van der Waals surface area contributed by atoms with Crippen LogP contribution in [0, 0.1) is 5.92 Å². The van der Waals surface area contributed by atoms with Crippen LogP contribution in [0.2, 0.25) is 0 Å². The first-order chi connectivity index (χ1) is 7.50. The number of carbonyl (C=O) groups is 1. The summed E-state index contributed by atoms with van der Waals surface area (Å²) in [7, 11) is -3.12. The molecule has 1 N–H and O–H groups in total. The van der Waals surface area contributed by atoms with E-state index in [1.165, 1.54) is 0 Å². The molecule has 0 radical (unpaired) electrons. The summed E-state index contributed by atoms with van der Waals surface area (Å²) in [5.41, 5.74) is 0. The van der Waals surface area contributed by atoms with Crippen LogP contribution in [-0.4, -0.2) is 42.1 Å². The van der Waals surface area contributed by atoms with Gasteiger partial charge in [0.15, 0.2) is 0 Å². The third kappa shape index (κ3) is 2.22. The highest BCUT2D eigenvalue weighted by molar-refractivity contribution is 7.89. The number of carboxylic acid groups (broad SMARTS) is 1. The van der Waals surface area contributed by atoms with Gasteiger partial charge in [0.25, 0.3) is 0 Å². The summed E-state index contributed by atoms with van der Waals surface area (Å²) in [5, 5.41) is 8.89. The summed E-state index contributed by atoms with van der Waals surface area (Å²) in [6, 6.07) is -0.0774. The van der Waals surface area contributed by atoms with Gasteiger partial charge in [-0.2, -0.15) is 4.31 Å². The zero-order valence-electron chi connectivity index (χ0n) is 9.13. The van der Waals surface area contributed by atoms with E-state index in [4.69, 9.17) is 5.11 Å². The fraction of sp³-hybridized carbons (Fsp3) is 0.900. The molecule has 0 aromatic rings. The number of hydrogen-bond acceptors (Lipinski definition) is 3. The first-order valence-corrected chi connectivity index (χ1v) is 7.34. The van der Waals surface area contributed by atoms with E-state index in [9.17, 15) is 13.2 Å². The van der Waals surface area contributed by atoms with Crippen LogP contribution in [0.25, 0.3) is 0 Å². The smallest absolute Gasteiger partial charge is 0.306 e. The molecule has 2 aliphatic rings. The molecule has 0 aromatic carbocycles.